The van der Waals surface area contributed by atoms with Crippen LogP contribution in [0, 0.1) is 0 Å². The van der Waals surface area contributed by atoms with E-state index >= 15 is 0 Å². The van der Waals surface area contributed by atoms with Crippen molar-refractivity contribution in [2.45, 2.75) is 26.7 Å². The van der Waals surface area contributed by atoms with Crippen LogP contribution in [0.5, 0.6) is 0 Å². The smallest absolute Gasteiger partial charge is 0.338 e. The predicted octanol–water partition coefficient (Wildman–Crippen LogP) is 1.63. The molecule has 0 N–H and O–H groups in total. The van der Waals surface area contributed by atoms with Crippen LogP contribution in [-0.2, 0) is 33.4 Å². The van der Waals surface area contributed by atoms with Gasteiger partial charge in [-0.15, -0.1) is 0 Å². The Morgan fingerprint density at radius 3 is 1.48 bits per heavy atom. The highest BCUT2D eigenvalue weighted by molar-refractivity contribution is 6.04. The summed E-state index contributed by atoms with van der Waals surface area (Å²) in [5.74, 6) is -2.06. The first-order valence-corrected chi connectivity index (χ1v) is 6.95. The third kappa shape index (κ3) is 9.02. The van der Waals surface area contributed by atoms with Gasteiger partial charge in [0.05, 0.1) is 0 Å². The first kappa shape index (κ1) is 20.3. The number of cyclic esters (lactones) is 2. The largest absolute Gasteiger partial charge is 0.459 e. The summed E-state index contributed by atoms with van der Waals surface area (Å²) in [7, 11) is 0. The summed E-state index contributed by atoms with van der Waals surface area (Å²) in [6.07, 6.45) is 3.27. The van der Waals surface area contributed by atoms with Gasteiger partial charge in [0.25, 0.3) is 0 Å². The van der Waals surface area contributed by atoms with Crippen LogP contribution in [0.1, 0.15) is 26.7 Å². The van der Waals surface area contributed by atoms with Crippen molar-refractivity contribution in [2.24, 2.45) is 0 Å². The molecule has 0 bridgehead atoms. The van der Waals surface area contributed by atoms with Crippen molar-refractivity contribution in [1.82, 2.24) is 0 Å². The van der Waals surface area contributed by atoms with E-state index in [0.717, 1.165) is 12.2 Å². The highest BCUT2D eigenvalue weighted by Crippen LogP contribution is 2.01. The molecule has 7 nitrogen and oxygen atoms in total. The fourth-order valence-electron chi connectivity index (χ4n) is 1.06. The summed E-state index contributed by atoms with van der Waals surface area (Å²) >= 11 is 0. The van der Waals surface area contributed by atoms with E-state index < -0.39 is 23.9 Å². The molecule has 0 aromatic heterocycles. The normalized spacial score (nSPS) is 11.9. The summed E-state index contributed by atoms with van der Waals surface area (Å²) in [4.78, 5) is 42.1. The Morgan fingerprint density at radius 2 is 1.26 bits per heavy atom. The molecule has 0 unspecified atom stereocenters. The lowest BCUT2D eigenvalue weighted by molar-refractivity contribution is -0.150. The van der Waals surface area contributed by atoms with E-state index in [4.69, 9.17) is 9.47 Å². The molecule has 1 rings (SSSR count). The molecule has 0 aromatic carbocycles. The van der Waals surface area contributed by atoms with E-state index in [1.807, 2.05) is 13.8 Å². The lowest BCUT2D eigenvalue weighted by Crippen LogP contribution is -2.15. The minimum atomic E-state index is -0.579. The lowest BCUT2D eigenvalue weighted by atomic mass is 10.2. The second kappa shape index (κ2) is 10.9. The Morgan fingerprint density at radius 1 is 0.913 bits per heavy atom. The topological polar surface area (TPSA) is 96.0 Å². The van der Waals surface area contributed by atoms with Crippen LogP contribution < -0.4 is 0 Å². The van der Waals surface area contributed by atoms with E-state index in [1.165, 1.54) is 0 Å². The Labute approximate surface area is 134 Å². The van der Waals surface area contributed by atoms with E-state index in [1.54, 1.807) is 0 Å². The molecule has 0 spiro atoms. The third-order valence-electron chi connectivity index (χ3n) is 2.54. The van der Waals surface area contributed by atoms with Gasteiger partial charge in [-0.1, -0.05) is 27.0 Å². The van der Waals surface area contributed by atoms with Crippen LogP contribution in [0.3, 0.4) is 0 Å². The van der Waals surface area contributed by atoms with Crippen LogP contribution in [0.15, 0.2) is 36.5 Å². The fraction of sp³-hybridized carbons (Fsp3) is 0.375. The Bertz CT molecular complexity index is 483. The zero-order valence-corrected chi connectivity index (χ0v) is 13.3. The molecule has 0 aromatic rings. The molecule has 1 heterocycles. The molecule has 0 fully saturated rings. The van der Waals surface area contributed by atoms with Gasteiger partial charge in [0.1, 0.15) is 13.2 Å². The number of carbonyl (C=O) groups is 4. The van der Waals surface area contributed by atoms with Gasteiger partial charge in [0, 0.05) is 23.3 Å². The van der Waals surface area contributed by atoms with Crippen molar-refractivity contribution in [3.05, 3.63) is 36.5 Å². The molecule has 1 aliphatic heterocycles. The van der Waals surface area contributed by atoms with Gasteiger partial charge in [0.2, 0.25) is 0 Å². The zero-order chi connectivity index (χ0) is 17.8. The van der Waals surface area contributed by atoms with Crippen LogP contribution >= 0.6 is 0 Å². The number of carbonyl (C=O) groups excluding carboxylic acids is 4. The van der Waals surface area contributed by atoms with Crippen molar-refractivity contribution in [2.75, 3.05) is 13.2 Å². The third-order valence-corrected chi connectivity index (χ3v) is 2.54. The monoisotopic (exact) mass is 324 g/mol. The summed E-state index contributed by atoms with van der Waals surface area (Å²) < 4.78 is 13.6. The SMILES string of the molecule is C=C(CC)C(=O)OCCOC(=O)C(=C)CC.O=C1C=CC(=O)O1. The second-order valence-electron chi connectivity index (χ2n) is 4.26. The number of esters is 4. The number of hydrogen-bond donors (Lipinski definition) is 0. The van der Waals surface area contributed by atoms with Crippen LogP contribution in [0.25, 0.3) is 0 Å². The molecular formula is C16H20O7. The highest BCUT2D eigenvalue weighted by Gasteiger charge is 2.10. The number of ether oxygens (including phenoxy) is 3. The molecule has 126 valence electrons. The Balaban J connectivity index is 0.000000568. The molecule has 0 radical (unpaired) electrons. The highest BCUT2D eigenvalue weighted by atomic mass is 16.6. The standard InChI is InChI=1S/C12H18O4.C4H2O3/c1-5-9(3)11(13)15-7-8-16-12(14)10(4)6-2;5-3-1-2-4(6)7-3/h3-8H2,1-2H3;1-2H. The zero-order valence-electron chi connectivity index (χ0n) is 13.3. The molecule has 0 amide bonds. The van der Waals surface area contributed by atoms with Crippen molar-refractivity contribution in [1.29, 1.82) is 0 Å². The molecule has 0 atom stereocenters. The average molecular weight is 324 g/mol. The quantitative estimate of drug-likeness (QED) is 0.231. The first-order chi connectivity index (χ1) is 10.8. The van der Waals surface area contributed by atoms with E-state index in [0.29, 0.717) is 24.0 Å². The minimum absolute atomic E-state index is 0.0422. The van der Waals surface area contributed by atoms with Gasteiger partial charge in [0.15, 0.2) is 0 Å². The summed E-state index contributed by atoms with van der Waals surface area (Å²) in [5.41, 5.74) is 0.814. The van der Waals surface area contributed by atoms with Gasteiger partial charge >= 0.3 is 23.9 Å². The maximum atomic E-state index is 11.1. The van der Waals surface area contributed by atoms with Gasteiger partial charge in [-0.25, -0.2) is 19.2 Å². The fourth-order valence-corrected chi connectivity index (χ4v) is 1.06. The van der Waals surface area contributed by atoms with Crippen LogP contribution in [0.2, 0.25) is 0 Å². The predicted molar refractivity (Wildman–Crippen MR) is 81.0 cm³/mol. The molecule has 1 aliphatic rings. The Hall–Kier alpha value is -2.70. The summed E-state index contributed by atoms with van der Waals surface area (Å²) in [5, 5.41) is 0. The van der Waals surface area contributed by atoms with Gasteiger partial charge in [-0.2, -0.15) is 0 Å². The molecule has 0 aliphatic carbocycles. The van der Waals surface area contributed by atoms with E-state index in [2.05, 4.69) is 17.9 Å². The molecule has 0 saturated heterocycles. The molecular weight excluding hydrogens is 304 g/mol. The van der Waals surface area contributed by atoms with Crippen molar-refractivity contribution in [3.8, 4) is 0 Å². The van der Waals surface area contributed by atoms with Gasteiger partial charge in [-0.3, -0.25) is 0 Å². The maximum Gasteiger partial charge on any atom is 0.338 e. The van der Waals surface area contributed by atoms with E-state index in [-0.39, 0.29) is 13.2 Å². The van der Waals surface area contributed by atoms with Gasteiger partial charge < -0.3 is 14.2 Å². The van der Waals surface area contributed by atoms with Crippen molar-refractivity contribution < 1.29 is 33.4 Å². The maximum absolute atomic E-state index is 11.1. The Kier molecular flexibility index (Phi) is 9.66. The lowest BCUT2D eigenvalue weighted by Gasteiger charge is -2.07. The summed E-state index contributed by atoms with van der Waals surface area (Å²) in [6, 6.07) is 0. The van der Waals surface area contributed by atoms with Crippen molar-refractivity contribution >= 4 is 23.9 Å². The number of hydrogen-bond acceptors (Lipinski definition) is 7. The first-order valence-electron chi connectivity index (χ1n) is 6.95. The molecule has 0 saturated carbocycles. The second-order valence-corrected chi connectivity index (χ2v) is 4.26. The summed E-state index contributed by atoms with van der Waals surface area (Å²) in [6.45, 7) is 10.8. The molecule has 23 heavy (non-hydrogen) atoms. The molecule has 7 heteroatoms. The minimum Gasteiger partial charge on any atom is -0.459 e. The van der Waals surface area contributed by atoms with Gasteiger partial charge in [-0.05, 0) is 12.8 Å². The number of rotatable bonds is 7. The van der Waals surface area contributed by atoms with E-state index in [9.17, 15) is 19.2 Å². The van der Waals surface area contributed by atoms with Crippen LogP contribution in [-0.4, -0.2) is 37.1 Å². The average Bonchev–Trinajstić information content (AvgIpc) is 2.92. The van der Waals surface area contributed by atoms with Crippen molar-refractivity contribution in [3.63, 3.8) is 0 Å². The van der Waals surface area contributed by atoms with Crippen LogP contribution in [0.4, 0.5) is 0 Å².